The molecule has 1 aromatic carbocycles. The fourth-order valence-corrected chi connectivity index (χ4v) is 2.64. The normalized spacial score (nSPS) is 11.1. The van der Waals surface area contributed by atoms with E-state index >= 15 is 0 Å². The van der Waals surface area contributed by atoms with Crippen molar-refractivity contribution in [3.8, 4) is 11.3 Å². The highest BCUT2D eigenvalue weighted by molar-refractivity contribution is 7.99. The Morgan fingerprint density at radius 2 is 1.94 bits per heavy atom. The van der Waals surface area contributed by atoms with E-state index in [-0.39, 0.29) is 6.01 Å². The molecule has 0 saturated heterocycles. The van der Waals surface area contributed by atoms with Gasteiger partial charge in [-0.3, -0.25) is 0 Å². The molecule has 0 radical (unpaired) electrons. The first kappa shape index (κ1) is 13.0. The maximum absolute atomic E-state index is 5.61. The molecule has 18 heavy (non-hydrogen) atoms. The molecular weight excluding hydrogens is 244 g/mol. The number of nitrogens with zero attached hydrogens (tertiary/aromatic N) is 1. The third-order valence-corrected chi connectivity index (χ3v) is 3.55. The van der Waals surface area contributed by atoms with Crippen LogP contribution in [0.4, 0.5) is 6.01 Å². The first-order valence-corrected chi connectivity index (χ1v) is 7.00. The second-order valence-corrected chi connectivity index (χ2v) is 6.02. The number of nitrogen functional groups attached to an aromatic ring is 1. The minimum Gasteiger partial charge on any atom is -0.428 e. The van der Waals surface area contributed by atoms with Crippen molar-refractivity contribution in [1.29, 1.82) is 0 Å². The first-order valence-electron chi connectivity index (χ1n) is 6.12. The van der Waals surface area contributed by atoms with Gasteiger partial charge in [0.2, 0.25) is 0 Å². The molecule has 1 heterocycles. The Morgan fingerprint density at radius 3 is 2.50 bits per heavy atom. The van der Waals surface area contributed by atoms with Gasteiger partial charge in [0.1, 0.15) is 11.5 Å². The number of nitrogens with two attached hydrogens (primary N) is 1. The average Bonchev–Trinajstić information content (AvgIpc) is 2.71. The minimum absolute atomic E-state index is 0.238. The van der Waals surface area contributed by atoms with Crippen molar-refractivity contribution in [2.24, 2.45) is 0 Å². The lowest BCUT2D eigenvalue weighted by Crippen LogP contribution is -1.87. The lowest BCUT2D eigenvalue weighted by molar-refractivity contribution is 0.530. The Bertz CT molecular complexity index is 517. The van der Waals surface area contributed by atoms with Crippen molar-refractivity contribution in [2.45, 2.75) is 37.3 Å². The zero-order chi connectivity index (χ0) is 13.1. The first-order chi connectivity index (χ1) is 8.60. The smallest absolute Gasteiger partial charge is 0.292 e. The van der Waals surface area contributed by atoms with Gasteiger partial charge in [0.25, 0.3) is 6.01 Å². The number of thioether (sulfide) groups is 1. The Morgan fingerprint density at radius 1 is 1.28 bits per heavy atom. The Hall–Kier alpha value is -1.42. The molecule has 0 spiro atoms. The molecule has 0 atom stereocenters. The van der Waals surface area contributed by atoms with Crippen LogP contribution in [0.15, 0.2) is 33.6 Å². The Kier molecular flexibility index (Phi) is 3.97. The molecule has 0 fully saturated rings. The van der Waals surface area contributed by atoms with Crippen LogP contribution >= 0.6 is 11.8 Å². The highest BCUT2D eigenvalue weighted by Crippen LogP contribution is 2.29. The van der Waals surface area contributed by atoms with E-state index in [2.05, 4.69) is 43.1 Å². The molecule has 0 unspecified atom stereocenters. The number of aromatic nitrogens is 1. The largest absolute Gasteiger partial charge is 0.428 e. The van der Waals surface area contributed by atoms with Crippen LogP contribution in [0, 0.1) is 0 Å². The summed E-state index contributed by atoms with van der Waals surface area (Å²) in [6.45, 7) is 6.41. The maximum atomic E-state index is 5.61. The molecule has 2 aromatic rings. The lowest BCUT2D eigenvalue weighted by atomic mass is 10.1. The standard InChI is InChI=1S/C14H18N2OS/c1-4-12-13(16-14(15)17-12)10-5-7-11(8-6-10)18-9(2)3/h5-9H,4H2,1-3H3,(H2,15,16). The summed E-state index contributed by atoms with van der Waals surface area (Å²) < 4.78 is 5.37. The molecule has 2 N–H and O–H groups in total. The summed E-state index contributed by atoms with van der Waals surface area (Å²) in [4.78, 5) is 5.51. The molecule has 0 aliphatic carbocycles. The summed E-state index contributed by atoms with van der Waals surface area (Å²) >= 11 is 1.85. The molecule has 2 rings (SSSR count). The fraction of sp³-hybridized carbons (Fsp3) is 0.357. The molecule has 0 aliphatic rings. The molecule has 4 heteroatoms. The van der Waals surface area contributed by atoms with Gasteiger partial charge >= 0.3 is 0 Å². The summed E-state index contributed by atoms with van der Waals surface area (Å²) in [6, 6.07) is 8.61. The predicted molar refractivity (Wildman–Crippen MR) is 76.7 cm³/mol. The van der Waals surface area contributed by atoms with Crippen LogP contribution in [-0.2, 0) is 6.42 Å². The third-order valence-electron chi connectivity index (χ3n) is 2.53. The number of benzene rings is 1. The SMILES string of the molecule is CCc1oc(N)nc1-c1ccc(SC(C)C)cc1. The molecule has 1 aromatic heterocycles. The second-order valence-electron chi connectivity index (χ2n) is 4.37. The average molecular weight is 262 g/mol. The maximum Gasteiger partial charge on any atom is 0.292 e. The van der Waals surface area contributed by atoms with Crippen LogP contribution in [0.3, 0.4) is 0 Å². The Balaban J connectivity index is 2.28. The number of rotatable bonds is 4. The molecule has 3 nitrogen and oxygen atoms in total. The van der Waals surface area contributed by atoms with Crippen LogP contribution in [0.1, 0.15) is 26.5 Å². The number of oxazole rings is 1. The van der Waals surface area contributed by atoms with Gasteiger partial charge in [-0.15, -0.1) is 11.8 Å². The predicted octanol–water partition coefficient (Wildman–Crippen LogP) is 3.99. The van der Waals surface area contributed by atoms with Gasteiger partial charge in [0.15, 0.2) is 0 Å². The zero-order valence-corrected chi connectivity index (χ0v) is 11.8. The molecular formula is C14H18N2OS. The monoisotopic (exact) mass is 262 g/mol. The van der Waals surface area contributed by atoms with Crippen LogP contribution in [0.5, 0.6) is 0 Å². The van der Waals surface area contributed by atoms with E-state index in [1.807, 2.05) is 18.7 Å². The van der Waals surface area contributed by atoms with Gasteiger partial charge in [-0.05, 0) is 12.1 Å². The third kappa shape index (κ3) is 2.88. The highest BCUT2D eigenvalue weighted by Gasteiger charge is 2.11. The van der Waals surface area contributed by atoms with Crippen LogP contribution < -0.4 is 5.73 Å². The lowest BCUT2D eigenvalue weighted by Gasteiger charge is -2.05. The summed E-state index contributed by atoms with van der Waals surface area (Å²) in [6.07, 6.45) is 0.794. The van der Waals surface area contributed by atoms with Gasteiger partial charge in [-0.2, -0.15) is 4.98 Å². The van der Waals surface area contributed by atoms with Crippen molar-refractivity contribution < 1.29 is 4.42 Å². The summed E-state index contributed by atoms with van der Waals surface area (Å²) in [5.74, 6) is 0.844. The second kappa shape index (κ2) is 5.48. The topological polar surface area (TPSA) is 52.0 Å². The van der Waals surface area contributed by atoms with Crippen molar-refractivity contribution in [3.05, 3.63) is 30.0 Å². The Labute approximate surface area is 112 Å². The number of hydrogen-bond acceptors (Lipinski definition) is 4. The molecule has 0 saturated carbocycles. The summed E-state index contributed by atoms with van der Waals surface area (Å²) in [5.41, 5.74) is 7.52. The van der Waals surface area contributed by atoms with Crippen LogP contribution in [-0.4, -0.2) is 10.2 Å². The quantitative estimate of drug-likeness (QED) is 0.846. The molecule has 0 amide bonds. The van der Waals surface area contributed by atoms with Crippen LogP contribution in [0.2, 0.25) is 0 Å². The van der Waals surface area contributed by atoms with E-state index in [4.69, 9.17) is 10.2 Å². The highest BCUT2D eigenvalue weighted by atomic mass is 32.2. The van der Waals surface area contributed by atoms with Crippen molar-refractivity contribution in [1.82, 2.24) is 4.98 Å². The molecule has 0 bridgehead atoms. The van der Waals surface area contributed by atoms with E-state index in [0.29, 0.717) is 5.25 Å². The van der Waals surface area contributed by atoms with Gasteiger partial charge in [0.05, 0.1) is 0 Å². The van der Waals surface area contributed by atoms with Gasteiger partial charge in [-0.1, -0.05) is 32.9 Å². The zero-order valence-electron chi connectivity index (χ0n) is 10.9. The van der Waals surface area contributed by atoms with Crippen LogP contribution in [0.25, 0.3) is 11.3 Å². The van der Waals surface area contributed by atoms with E-state index < -0.39 is 0 Å². The van der Waals surface area contributed by atoms with Crippen molar-refractivity contribution in [3.63, 3.8) is 0 Å². The van der Waals surface area contributed by atoms with Gasteiger partial charge < -0.3 is 10.2 Å². The van der Waals surface area contributed by atoms with E-state index in [1.54, 1.807) is 0 Å². The summed E-state index contributed by atoms with van der Waals surface area (Å²) in [5, 5.41) is 0.588. The molecule has 0 aliphatic heterocycles. The van der Waals surface area contributed by atoms with E-state index in [9.17, 15) is 0 Å². The number of anilines is 1. The molecule has 96 valence electrons. The van der Waals surface area contributed by atoms with Crippen molar-refractivity contribution >= 4 is 17.8 Å². The number of hydrogen-bond donors (Lipinski definition) is 1. The van der Waals surface area contributed by atoms with Gasteiger partial charge in [-0.25, -0.2) is 0 Å². The van der Waals surface area contributed by atoms with E-state index in [0.717, 1.165) is 23.4 Å². The fourth-order valence-electron chi connectivity index (χ4n) is 1.80. The summed E-state index contributed by atoms with van der Waals surface area (Å²) in [7, 11) is 0. The number of aryl methyl sites for hydroxylation is 1. The van der Waals surface area contributed by atoms with Crippen molar-refractivity contribution in [2.75, 3.05) is 5.73 Å². The van der Waals surface area contributed by atoms with E-state index in [1.165, 1.54) is 4.90 Å². The minimum atomic E-state index is 0.238. The van der Waals surface area contributed by atoms with Gasteiger partial charge in [0, 0.05) is 22.1 Å².